The van der Waals surface area contributed by atoms with Gasteiger partial charge in [0.25, 0.3) is 0 Å². The topological polar surface area (TPSA) is 64.0 Å². The molecular formula is C14H19N3O2S2. The average molecular weight is 325 g/mol. The van der Waals surface area contributed by atoms with Crippen LogP contribution in [0.3, 0.4) is 0 Å². The Morgan fingerprint density at radius 3 is 2.76 bits per heavy atom. The molecule has 1 fully saturated rings. The van der Waals surface area contributed by atoms with Gasteiger partial charge in [0.15, 0.2) is 0 Å². The van der Waals surface area contributed by atoms with Gasteiger partial charge in [-0.15, -0.1) is 11.3 Å². The smallest absolute Gasteiger partial charge is 0.244 e. The minimum Gasteiger partial charge on any atom is -0.274 e. The van der Waals surface area contributed by atoms with Gasteiger partial charge in [-0.2, -0.15) is 5.10 Å². The van der Waals surface area contributed by atoms with Crippen molar-refractivity contribution in [2.24, 2.45) is 7.05 Å². The van der Waals surface area contributed by atoms with Crippen LogP contribution in [-0.4, -0.2) is 24.2 Å². The SMILES string of the molecule is Cn1cc(S(=O)(=O)NC2CCCCC2)c(-c2cccs2)n1. The van der Waals surface area contributed by atoms with E-state index in [1.807, 2.05) is 17.5 Å². The highest BCUT2D eigenvalue weighted by molar-refractivity contribution is 7.89. The Labute approximate surface area is 129 Å². The molecule has 0 radical (unpaired) electrons. The molecule has 0 bridgehead atoms. The van der Waals surface area contributed by atoms with Crippen LogP contribution in [0.5, 0.6) is 0 Å². The lowest BCUT2D eigenvalue weighted by atomic mass is 9.96. The van der Waals surface area contributed by atoms with E-state index in [9.17, 15) is 8.42 Å². The highest BCUT2D eigenvalue weighted by atomic mass is 32.2. The number of thiophene rings is 1. The molecule has 3 rings (SSSR count). The van der Waals surface area contributed by atoms with Crippen molar-refractivity contribution in [3.8, 4) is 10.6 Å². The van der Waals surface area contributed by atoms with E-state index in [1.165, 1.54) is 17.8 Å². The summed E-state index contributed by atoms with van der Waals surface area (Å²) in [7, 11) is -1.78. The molecule has 1 saturated carbocycles. The Morgan fingerprint density at radius 2 is 2.10 bits per heavy atom. The zero-order valence-electron chi connectivity index (χ0n) is 11.9. The molecule has 1 N–H and O–H groups in total. The van der Waals surface area contributed by atoms with E-state index >= 15 is 0 Å². The molecular weight excluding hydrogens is 306 g/mol. The normalized spacial score (nSPS) is 17.2. The molecule has 0 saturated heterocycles. The first-order chi connectivity index (χ1) is 10.1. The van der Waals surface area contributed by atoms with Crippen LogP contribution in [0.2, 0.25) is 0 Å². The monoisotopic (exact) mass is 325 g/mol. The van der Waals surface area contributed by atoms with Gasteiger partial charge in [0.05, 0.1) is 4.88 Å². The fourth-order valence-corrected chi connectivity index (χ4v) is 5.04. The van der Waals surface area contributed by atoms with E-state index in [1.54, 1.807) is 17.9 Å². The first-order valence-corrected chi connectivity index (χ1v) is 9.52. The number of nitrogens with one attached hydrogen (secondary N) is 1. The maximum Gasteiger partial charge on any atom is 0.244 e. The summed E-state index contributed by atoms with van der Waals surface area (Å²) >= 11 is 1.50. The number of rotatable bonds is 4. The molecule has 0 unspecified atom stereocenters. The summed E-state index contributed by atoms with van der Waals surface area (Å²) in [6.45, 7) is 0. The molecule has 0 aliphatic heterocycles. The van der Waals surface area contributed by atoms with Crippen LogP contribution < -0.4 is 4.72 Å². The van der Waals surface area contributed by atoms with E-state index in [2.05, 4.69) is 9.82 Å². The van der Waals surface area contributed by atoms with Crippen molar-refractivity contribution in [3.05, 3.63) is 23.7 Å². The maximum absolute atomic E-state index is 12.7. The second-order valence-corrected chi connectivity index (χ2v) is 8.08. The number of aromatic nitrogens is 2. The molecule has 114 valence electrons. The van der Waals surface area contributed by atoms with Gasteiger partial charge < -0.3 is 0 Å². The highest BCUT2D eigenvalue weighted by Crippen LogP contribution is 2.30. The molecule has 5 nitrogen and oxygen atoms in total. The van der Waals surface area contributed by atoms with Gasteiger partial charge in [0.1, 0.15) is 10.6 Å². The van der Waals surface area contributed by atoms with Gasteiger partial charge in [-0.05, 0) is 24.3 Å². The van der Waals surface area contributed by atoms with E-state index < -0.39 is 10.0 Å². The summed E-state index contributed by atoms with van der Waals surface area (Å²) < 4.78 is 29.8. The molecule has 2 aromatic rings. The Balaban J connectivity index is 1.91. The maximum atomic E-state index is 12.7. The summed E-state index contributed by atoms with van der Waals surface area (Å²) in [5.41, 5.74) is 0.538. The summed E-state index contributed by atoms with van der Waals surface area (Å²) in [4.78, 5) is 1.15. The molecule has 1 aliphatic carbocycles. The van der Waals surface area contributed by atoms with Gasteiger partial charge in [-0.1, -0.05) is 25.3 Å². The van der Waals surface area contributed by atoms with Gasteiger partial charge in [0, 0.05) is 19.3 Å². The molecule has 0 amide bonds. The third-order valence-corrected chi connectivity index (χ3v) is 6.16. The van der Waals surface area contributed by atoms with Crippen molar-refractivity contribution >= 4 is 21.4 Å². The second-order valence-electron chi connectivity index (χ2n) is 5.45. The van der Waals surface area contributed by atoms with Crippen LogP contribution in [0.15, 0.2) is 28.6 Å². The van der Waals surface area contributed by atoms with Crippen LogP contribution in [0.25, 0.3) is 10.6 Å². The summed E-state index contributed by atoms with van der Waals surface area (Å²) in [6.07, 6.45) is 6.82. The van der Waals surface area contributed by atoms with Crippen molar-refractivity contribution in [3.63, 3.8) is 0 Å². The predicted molar refractivity (Wildman–Crippen MR) is 83.7 cm³/mol. The minimum atomic E-state index is -3.52. The lowest BCUT2D eigenvalue weighted by Crippen LogP contribution is -2.36. The second kappa shape index (κ2) is 5.90. The zero-order valence-corrected chi connectivity index (χ0v) is 13.6. The molecule has 0 aromatic carbocycles. The Morgan fingerprint density at radius 1 is 1.33 bits per heavy atom. The van der Waals surface area contributed by atoms with Gasteiger partial charge >= 0.3 is 0 Å². The molecule has 0 atom stereocenters. The van der Waals surface area contributed by atoms with Crippen molar-refractivity contribution in [2.45, 2.75) is 43.0 Å². The summed E-state index contributed by atoms with van der Waals surface area (Å²) in [6, 6.07) is 3.85. The fraction of sp³-hybridized carbons (Fsp3) is 0.500. The van der Waals surface area contributed by atoms with Crippen molar-refractivity contribution in [1.82, 2.24) is 14.5 Å². The number of sulfonamides is 1. The van der Waals surface area contributed by atoms with Crippen LogP contribution in [0.1, 0.15) is 32.1 Å². The summed E-state index contributed by atoms with van der Waals surface area (Å²) in [5.74, 6) is 0. The van der Waals surface area contributed by atoms with Crippen molar-refractivity contribution in [1.29, 1.82) is 0 Å². The summed E-state index contributed by atoms with van der Waals surface area (Å²) in [5, 5.41) is 6.25. The Bertz CT molecular complexity index is 699. The minimum absolute atomic E-state index is 0.0557. The molecule has 2 heterocycles. The van der Waals surface area contributed by atoms with Gasteiger partial charge in [-0.3, -0.25) is 4.68 Å². The molecule has 0 spiro atoms. The number of aryl methyl sites for hydroxylation is 1. The van der Waals surface area contributed by atoms with Gasteiger partial charge in [-0.25, -0.2) is 13.1 Å². The number of nitrogens with zero attached hydrogens (tertiary/aromatic N) is 2. The van der Waals surface area contributed by atoms with E-state index in [-0.39, 0.29) is 10.9 Å². The largest absolute Gasteiger partial charge is 0.274 e. The van der Waals surface area contributed by atoms with Crippen LogP contribution in [0, 0.1) is 0 Å². The average Bonchev–Trinajstić information content (AvgIpc) is 3.08. The van der Waals surface area contributed by atoms with Crippen LogP contribution in [0.4, 0.5) is 0 Å². The highest BCUT2D eigenvalue weighted by Gasteiger charge is 2.27. The fourth-order valence-electron chi connectivity index (χ4n) is 2.75. The predicted octanol–water partition coefficient (Wildman–Crippen LogP) is 2.76. The lowest BCUT2D eigenvalue weighted by molar-refractivity contribution is 0.412. The third-order valence-electron chi connectivity index (χ3n) is 3.77. The Kier molecular flexibility index (Phi) is 4.14. The quantitative estimate of drug-likeness (QED) is 0.940. The van der Waals surface area contributed by atoms with Crippen LogP contribution in [-0.2, 0) is 17.1 Å². The Hall–Kier alpha value is -1.18. The first-order valence-electron chi connectivity index (χ1n) is 7.16. The van der Waals surface area contributed by atoms with Crippen LogP contribution >= 0.6 is 11.3 Å². The standard InChI is InChI=1S/C14H19N3O2S2/c1-17-10-13(14(15-17)12-8-5-9-20-12)21(18,19)16-11-6-3-2-4-7-11/h5,8-11,16H,2-4,6-7H2,1H3. The molecule has 21 heavy (non-hydrogen) atoms. The molecule has 7 heteroatoms. The number of hydrogen-bond donors (Lipinski definition) is 1. The zero-order chi connectivity index (χ0) is 14.9. The van der Waals surface area contributed by atoms with Crippen molar-refractivity contribution < 1.29 is 8.42 Å². The molecule has 1 aliphatic rings. The van der Waals surface area contributed by atoms with E-state index in [4.69, 9.17) is 0 Å². The van der Waals surface area contributed by atoms with E-state index in [0.717, 1.165) is 30.6 Å². The first kappa shape index (κ1) is 14.7. The van der Waals surface area contributed by atoms with E-state index in [0.29, 0.717) is 5.69 Å². The lowest BCUT2D eigenvalue weighted by Gasteiger charge is -2.22. The molecule has 2 aromatic heterocycles. The van der Waals surface area contributed by atoms with Crippen molar-refractivity contribution in [2.75, 3.05) is 0 Å². The third kappa shape index (κ3) is 3.20. The number of hydrogen-bond acceptors (Lipinski definition) is 4. The van der Waals surface area contributed by atoms with Gasteiger partial charge in [0.2, 0.25) is 10.0 Å².